The fourth-order valence-electron chi connectivity index (χ4n) is 1.80. The molecule has 0 heterocycles. The van der Waals surface area contributed by atoms with E-state index in [0.29, 0.717) is 11.3 Å². The van der Waals surface area contributed by atoms with E-state index in [0.717, 1.165) is 21.4 Å². The minimum absolute atomic E-state index is 0.348. The van der Waals surface area contributed by atoms with Crippen molar-refractivity contribution in [3.05, 3.63) is 52.0 Å². The van der Waals surface area contributed by atoms with Crippen molar-refractivity contribution in [3.8, 4) is 0 Å². The highest BCUT2D eigenvalue weighted by Gasteiger charge is 2.11. The predicted octanol–water partition coefficient (Wildman–Crippen LogP) is 3.87. The number of nitrogen functional groups attached to an aromatic ring is 1. The molecule has 20 heavy (non-hydrogen) atoms. The van der Waals surface area contributed by atoms with Crippen LogP contribution < -0.4 is 11.1 Å². The Bertz CT molecular complexity index is 656. The maximum absolute atomic E-state index is 11.6. The zero-order chi connectivity index (χ0) is 14.7. The van der Waals surface area contributed by atoms with Gasteiger partial charge < -0.3 is 15.8 Å². The number of aryl methyl sites for hydroxylation is 1. The van der Waals surface area contributed by atoms with Gasteiger partial charge in [0.05, 0.1) is 18.4 Å². The number of anilines is 3. The molecular weight excluding hydrogens is 320 g/mol. The van der Waals surface area contributed by atoms with Gasteiger partial charge in [-0.05, 0) is 58.7 Å². The third kappa shape index (κ3) is 3.11. The number of hydrogen-bond acceptors (Lipinski definition) is 4. The average Bonchev–Trinajstić information content (AvgIpc) is 2.43. The molecule has 104 valence electrons. The summed E-state index contributed by atoms with van der Waals surface area (Å²) in [6.45, 7) is 2.02. The number of halogens is 1. The number of esters is 1. The Morgan fingerprint density at radius 1 is 1.25 bits per heavy atom. The second-order valence-corrected chi connectivity index (χ2v) is 5.26. The Morgan fingerprint density at radius 3 is 2.65 bits per heavy atom. The zero-order valence-corrected chi connectivity index (χ0v) is 12.8. The van der Waals surface area contributed by atoms with E-state index in [1.165, 1.54) is 7.11 Å². The summed E-state index contributed by atoms with van der Waals surface area (Å²) in [5.41, 5.74) is 9.36. The lowest BCUT2D eigenvalue weighted by molar-refractivity contribution is 0.0602. The molecule has 2 rings (SSSR count). The van der Waals surface area contributed by atoms with Gasteiger partial charge in [0.2, 0.25) is 0 Å². The smallest absolute Gasteiger partial charge is 0.340 e. The van der Waals surface area contributed by atoms with Crippen LogP contribution in [0.25, 0.3) is 0 Å². The van der Waals surface area contributed by atoms with Crippen molar-refractivity contribution in [1.82, 2.24) is 0 Å². The van der Waals surface area contributed by atoms with E-state index in [2.05, 4.69) is 21.2 Å². The number of hydrogen-bond donors (Lipinski definition) is 2. The first-order valence-corrected chi connectivity index (χ1v) is 6.81. The topological polar surface area (TPSA) is 64.3 Å². The summed E-state index contributed by atoms with van der Waals surface area (Å²) in [6.07, 6.45) is 0. The number of carbonyl (C=O) groups is 1. The number of nitrogens with two attached hydrogens (primary N) is 1. The number of rotatable bonds is 3. The Morgan fingerprint density at radius 2 is 2.00 bits per heavy atom. The summed E-state index contributed by atoms with van der Waals surface area (Å²) in [4.78, 5) is 11.6. The lowest BCUT2D eigenvalue weighted by atomic mass is 10.1. The molecule has 0 amide bonds. The van der Waals surface area contributed by atoms with Crippen molar-refractivity contribution in [1.29, 1.82) is 0 Å². The van der Waals surface area contributed by atoms with E-state index in [-0.39, 0.29) is 0 Å². The van der Waals surface area contributed by atoms with Crippen LogP contribution in [0.1, 0.15) is 15.9 Å². The molecule has 0 bridgehead atoms. The molecule has 3 N–H and O–H groups in total. The number of ether oxygens (including phenoxy) is 1. The SMILES string of the molecule is COC(=O)c1cc(Nc2ccc(C)cc2Br)ccc1N. The van der Waals surface area contributed by atoms with E-state index in [1.807, 2.05) is 31.2 Å². The minimum atomic E-state index is -0.450. The van der Waals surface area contributed by atoms with Gasteiger partial charge in [0, 0.05) is 15.8 Å². The standard InChI is InChI=1S/C15H15BrN2O2/c1-9-3-6-14(12(16)7-9)18-10-4-5-13(17)11(8-10)15(19)20-2/h3-8,18H,17H2,1-2H3. The number of methoxy groups -OCH3 is 1. The van der Waals surface area contributed by atoms with Crippen LogP contribution in [0.4, 0.5) is 17.1 Å². The third-order valence-electron chi connectivity index (χ3n) is 2.86. The Hall–Kier alpha value is -2.01. The maximum Gasteiger partial charge on any atom is 0.340 e. The molecule has 0 saturated carbocycles. The molecule has 0 unspecified atom stereocenters. The van der Waals surface area contributed by atoms with Crippen LogP contribution in [0, 0.1) is 6.92 Å². The highest BCUT2D eigenvalue weighted by Crippen LogP contribution is 2.28. The minimum Gasteiger partial charge on any atom is -0.465 e. The van der Waals surface area contributed by atoms with Crippen molar-refractivity contribution in [3.63, 3.8) is 0 Å². The van der Waals surface area contributed by atoms with Gasteiger partial charge >= 0.3 is 5.97 Å². The fourth-order valence-corrected chi connectivity index (χ4v) is 2.39. The molecule has 0 aromatic heterocycles. The van der Waals surface area contributed by atoms with E-state index >= 15 is 0 Å². The summed E-state index contributed by atoms with van der Waals surface area (Å²) in [6, 6.07) is 11.2. The van der Waals surface area contributed by atoms with Crippen LogP contribution in [0.15, 0.2) is 40.9 Å². The normalized spacial score (nSPS) is 10.2. The Kier molecular flexibility index (Phi) is 4.29. The molecule has 2 aromatic rings. The van der Waals surface area contributed by atoms with Gasteiger partial charge in [0.15, 0.2) is 0 Å². The van der Waals surface area contributed by atoms with Crippen molar-refractivity contribution in [2.45, 2.75) is 6.92 Å². The van der Waals surface area contributed by atoms with Gasteiger partial charge in [-0.15, -0.1) is 0 Å². The molecule has 0 atom stereocenters. The second-order valence-electron chi connectivity index (χ2n) is 4.40. The lowest BCUT2D eigenvalue weighted by Crippen LogP contribution is -2.06. The zero-order valence-electron chi connectivity index (χ0n) is 11.2. The van der Waals surface area contributed by atoms with Gasteiger partial charge in [-0.2, -0.15) is 0 Å². The van der Waals surface area contributed by atoms with Gasteiger partial charge in [0.1, 0.15) is 0 Å². The predicted molar refractivity (Wildman–Crippen MR) is 84.4 cm³/mol. The quantitative estimate of drug-likeness (QED) is 0.660. The van der Waals surface area contributed by atoms with E-state index in [9.17, 15) is 4.79 Å². The van der Waals surface area contributed by atoms with Crippen molar-refractivity contribution in [2.24, 2.45) is 0 Å². The summed E-state index contributed by atoms with van der Waals surface area (Å²) in [7, 11) is 1.33. The third-order valence-corrected chi connectivity index (χ3v) is 3.52. The molecule has 5 heteroatoms. The number of benzene rings is 2. The fraction of sp³-hybridized carbons (Fsp3) is 0.133. The van der Waals surface area contributed by atoms with E-state index in [4.69, 9.17) is 10.5 Å². The van der Waals surface area contributed by atoms with Gasteiger partial charge in [-0.3, -0.25) is 0 Å². The Balaban J connectivity index is 2.32. The highest BCUT2D eigenvalue weighted by atomic mass is 79.9. The van der Waals surface area contributed by atoms with Crippen molar-refractivity contribution >= 4 is 39.0 Å². The van der Waals surface area contributed by atoms with Crippen LogP contribution in [0.3, 0.4) is 0 Å². The Labute approximate surface area is 126 Å². The number of carbonyl (C=O) groups excluding carboxylic acids is 1. The van der Waals surface area contributed by atoms with Crippen molar-refractivity contribution in [2.75, 3.05) is 18.2 Å². The molecule has 0 spiro atoms. The summed E-state index contributed by atoms with van der Waals surface area (Å²) >= 11 is 3.50. The molecule has 0 radical (unpaired) electrons. The van der Waals surface area contributed by atoms with Crippen LogP contribution in [0.5, 0.6) is 0 Å². The van der Waals surface area contributed by atoms with Gasteiger partial charge in [-0.25, -0.2) is 4.79 Å². The molecule has 2 aromatic carbocycles. The molecule has 0 saturated heterocycles. The van der Waals surface area contributed by atoms with Gasteiger partial charge in [-0.1, -0.05) is 6.07 Å². The molecule has 0 aliphatic carbocycles. The molecular formula is C15H15BrN2O2. The van der Waals surface area contributed by atoms with E-state index < -0.39 is 5.97 Å². The molecule has 0 fully saturated rings. The molecule has 0 aliphatic rings. The summed E-state index contributed by atoms with van der Waals surface area (Å²) < 4.78 is 5.66. The first-order chi connectivity index (χ1) is 9.51. The monoisotopic (exact) mass is 334 g/mol. The average molecular weight is 335 g/mol. The van der Waals surface area contributed by atoms with Crippen LogP contribution in [0.2, 0.25) is 0 Å². The summed E-state index contributed by atoms with van der Waals surface area (Å²) in [5, 5.41) is 3.24. The van der Waals surface area contributed by atoms with Crippen LogP contribution >= 0.6 is 15.9 Å². The lowest BCUT2D eigenvalue weighted by Gasteiger charge is -2.11. The van der Waals surface area contributed by atoms with Gasteiger partial charge in [0.25, 0.3) is 0 Å². The molecule has 4 nitrogen and oxygen atoms in total. The maximum atomic E-state index is 11.6. The first kappa shape index (κ1) is 14.4. The van der Waals surface area contributed by atoms with Crippen molar-refractivity contribution < 1.29 is 9.53 Å². The van der Waals surface area contributed by atoms with Crippen LogP contribution in [-0.4, -0.2) is 13.1 Å². The summed E-state index contributed by atoms with van der Waals surface area (Å²) in [5.74, 6) is -0.450. The number of nitrogens with one attached hydrogen (secondary N) is 1. The van der Waals surface area contributed by atoms with E-state index in [1.54, 1.807) is 12.1 Å². The second kappa shape index (κ2) is 5.96. The molecule has 0 aliphatic heterocycles. The first-order valence-electron chi connectivity index (χ1n) is 6.02. The largest absolute Gasteiger partial charge is 0.465 e. The van der Waals surface area contributed by atoms with Crippen LogP contribution in [-0.2, 0) is 4.74 Å². The highest BCUT2D eigenvalue weighted by molar-refractivity contribution is 9.10.